The fourth-order valence-corrected chi connectivity index (χ4v) is 3.74. The van der Waals surface area contributed by atoms with Gasteiger partial charge in [-0.1, -0.05) is 20.3 Å². The summed E-state index contributed by atoms with van der Waals surface area (Å²) in [4.78, 5) is 57.5. The highest BCUT2D eigenvalue weighted by atomic mass is 16.4. The van der Waals surface area contributed by atoms with Crippen LogP contribution in [0, 0.1) is 5.92 Å². The van der Waals surface area contributed by atoms with Crippen LogP contribution in [0.3, 0.4) is 0 Å². The highest BCUT2D eigenvalue weighted by Crippen LogP contribution is 2.09. The lowest BCUT2D eigenvalue weighted by molar-refractivity contribution is -0.142. The van der Waals surface area contributed by atoms with Crippen molar-refractivity contribution >= 4 is 23.7 Å². The number of H-pyrrole nitrogens is 1. The van der Waals surface area contributed by atoms with Gasteiger partial charge in [0.25, 0.3) is 0 Å². The summed E-state index contributed by atoms with van der Waals surface area (Å²) in [7, 11) is 0. The molecule has 210 valence electrons. The Morgan fingerprint density at radius 1 is 0.892 bits per heavy atom. The molecule has 0 saturated carbocycles. The van der Waals surface area contributed by atoms with Crippen LogP contribution >= 0.6 is 0 Å². The van der Waals surface area contributed by atoms with Gasteiger partial charge in [0.15, 0.2) is 0 Å². The maximum atomic E-state index is 13.3. The summed E-state index contributed by atoms with van der Waals surface area (Å²) < 4.78 is 0. The number of unbranched alkanes of at least 4 members (excludes halogenated alkanes) is 2. The van der Waals surface area contributed by atoms with Crippen molar-refractivity contribution in [2.75, 3.05) is 13.1 Å². The van der Waals surface area contributed by atoms with Gasteiger partial charge in [-0.15, -0.1) is 0 Å². The summed E-state index contributed by atoms with van der Waals surface area (Å²) in [6.07, 6.45) is 6.58. The van der Waals surface area contributed by atoms with Crippen LogP contribution < -0.4 is 33.2 Å². The van der Waals surface area contributed by atoms with Crippen molar-refractivity contribution in [3.63, 3.8) is 0 Å². The first-order valence-corrected chi connectivity index (χ1v) is 12.9. The maximum Gasteiger partial charge on any atom is 0.326 e. The van der Waals surface area contributed by atoms with E-state index in [0.29, 0.717) is 44.5 Å². The number of hydrogen-bond acceptors (Lipinski definition) is 8. The molecule has 0 spiro atoms. The molecule has 0 aliphatic carbocycles. The van der Waals surface area contributed by atoms with E-state index in [9.17, 15) is 24.3 Å². The van der Waals surface area contributed by atoms with Crippen LogP contribution in [0.5, 0.6) is 0 Å². The Kier molecular flexibility index (Phi) is 15.1. The Morgan fingerprint density at radius 3 is 2.00 bits per heavy atom. The van der Waals surface area contributed by atoms with Crippen molar-refractivity contribution < 1.29 is 24.3 Å². The second-order valence-corrected chi connectivity index (χ2v) is 9.61. The average Bonchev–Trinajstić information content (AvgIpc) is 3.35. The molecular weight excluding hydrogens is 480 g/mol. The quantitative estimate of drug-likeness (QED) is 0.105. The largest absolute Gasteiger partial charge is 0.480 e. The molecule has 1 aromatic rings. The summed E-state index contributed by atoms with van der Waals surface area (Å²) in [5.74, 6) is -2.83. The zero-order valence-electron chi connectivity index (χ0n) is 21.9. The molecule has 13 nitrogen and oxygen atoms in total. The van der Waals surface area contributed by atoms with Crippen molar-refractivity contribution in [2.24, 2.45) is 23.1 Å². The molecule has 0 bridgehead atoms. The third kappa shape index (κ3) is 12.7. The van der Waals surface area contributed by atoms with Crippen LogP contribution in [0.15, 0.2) is 12.5 Å². The van der Waals surface area contributed by atoms with Gasteiger partial charge < -0.3 is 43.2 Å². The minimum absolute atomic E-state index is 0.0215. The molecule has 37 heavy (non-hydrogen) atoms. The van der Waals surface area contributed by atoms with Gasteiger partial charge in [0.1, 0.15) is 18.1 Å². The van der Waals surface area contributed by atoms with Gasteiger partial charge in [-0.25, -0.2) is 9.78 Å². The molecule has 1 heterocycles. The first-order chi connectivity index (χ1) is 17.6. The Labute approximate surface area is 218 Å². The Hall–Kier alpha value is -3.03. The minimum Gasteiger partial charge on any atom is -0.480 e. The number of hydrogen-bond donors (Lipinski definition) is 8. The van der Waals surface area contributed by atoms with Gasteiger partial charge >= 0.3 is 5.97 Å². The predicted molar refractivity (Wildman–Crippen MR) is 139 cm³/mol. The fraction of sp³-hybridized carbons (Fsp3) is 0.708. The molecule has 1 rings (SSSR count). The van der Waals surface area contributed by atoms with Crippen LogP contribution in [0.1, 0.15) is 64.5 Å². The zero-order chi connectivity index (χ0) is 27.8. The first-order valence-electron chi connectivity index (χ1n) is 12.9. The van der Waals surface area contributed by atoms with Gasteiger partial charge in [-0.2, -0.15) is 0 Å². The third-order valence-corrected chi connectivity index (χ3v) is 5.82. The number of rotatable bonds is 19. The first kappa shape index (κ1) is 32.0. The lowest BCUT2D eigenvalue weighted by Gasteiger charge is -2.26. The number of carbonyl (C=O) groups excluding carboxylic acids is 3. The molecule has 4 unspecified atom stereocenters. The van der Waals surface area contributed by atoms with Gasteiger partial charge in [0.05, 0.1) is 12.4 Å². The van der Waals surface area contributed by atoms with Crippen LogP contribution in [0.2, 0.25) is 0 Å². The number of nitrogens with zero attached hydrogens (tertiary/aromatic N) is 1. The van der Waals surface area contributed by atoms with E-state index in [4.69, 9.17) is 17.2 Å². The van der Waals surface area contributed by atoms with Crippen molar-refractivity contribution in [2.45, 2.75) is 89.4 Å². The minimum atomic E-state index is -1.16. The van der Waals surface area contributed by atoms with E-state index in [1.54, 1.807) is 0 Å². The van der Waals surface area contributed by atoms with E-state index in [-0.39, 0.29) is 25.2 Å². The number of imidazole rings is 1. The summed E-state index contributed by atoms with van der Waals surface area (Å²) in [6, 6.07) is -3.94. The Morgan fingerprint density at radius 2 is 1.46 bits per heavy atom. The van der Waals surface area contributed by atoms with Crippen molar-refractivity contribution in [3.05, 3.63) is 18.2 Å². The van der Waals surface area contributed by atoms with E-state index >= 15 is 0 Å². The Bertz CT molecular complexity index is 833. The standard InChI is InChI=1S/C24H44N8O5/c1-15(2)11-19(22(34)30-18(24(36)37)8-4-6-10-26)32-23(35)20(12-16-13-28-14-29-16)31-21(33)17(27)7-3-5-9-25/h13-15,17-20H,3-12,25-27H2,1-2H3,(H,28,29)(H,30,34)(H,31,33)(H,32,35)(H,36,37). The SMILES string of the molecule is CC(C)CC(NC(=O)C(Cc1cnc[nH]1)NC(=O)C(N)CCCCN)C(=O)NC(CCCCN)C(=O)O. The van der Waals surface area contributed by atoms with Crippen LogP contribution in [0.4, 0.5) is 0 Å². The number of nitrogens with two attached hydrogens (primary N) is 3. The molecule has 3 amide bonds. The topological polar surface area (TPSA) is 231 Å². The van der Waals surface area contributed by atoms with E-state index < -0.39 is 47.9 Å². The number of aromatic amines is 1. The van der Waals surface area contributed by atoms with Gasteiger partial charge in [-0.3, -0.25) is 14.4 Å². The third-order valence-electron chi connectivity index (χ3n) is 5.82. The van der Waals surface area contributed by atoms with Gasteiger partial charge in [0.2, 0.25) is 17.7 Å². The highest BCUT2D eigenvalue weighted by Gasteiger charge is 2.31. The van der Waals surface area contributed by atoms with E-state index in [0.717, 1.165) is 6.42 Å². The van der Waals surface area contributed by atoms with Crippen molar-refractivity contribution in [1.29, 1.82) is 0 Å². The monoisotopic (exact) mass is 524 g/mol. The number of nitrogens with one attached hydrogen (secondary N) is 4. The zero-order valence-corrected chi connectivity index (χ0v) is 21.9. The lowest BCUT2D eigenvalue weighted by Crippen LogP contribution is -2.57. The van der Waals surface area contributed by atoms with E-state index in [2.05, 4.69) is 25.9 Å². The summed E-state index contributed by atoms with van der Waals surface area (Å²) in [5.41, 5.74) is 17.6. The highest BCUT2D eigenvalue weighted by molar-refractivity contribution is 5.94. The molecule has 4 atom stereocenters. The molecule has 13 heteroatoms. The summed E-state index contributed by atoms with van der Waals surface area (Å²) >= 11 is 0. The number of carboxylic acids is 1. The molecular formula is C24H44N8O5. The van der Waals surface area contributed by atoms with Crippen LogP contribution in [0.25, 0.3) is 0 Å². The molecule has 1 aromatic heterocycles. The average molecular weight is 525 g/mol. The number of carbonyl (C=O) groups is 4. The second kappa shape index (κ2) is 17.4. The smallest absolute Gasteiger partial charge is 0.326 e. The number of aromatic nitrogens is 2. The predicted octanol–water partition coefficient (Wildman–Crippen LogP) is -0.877. The van der Waals surface area contributed by atoms with E-state index in [1.807, 2.05) is 13.8 Å². The number of aliphatic carboxylic acids is 1. The molecule has 0 aromatic carbocycles. The number of amides is 3. The molecule has 0 aliphatic heterocycles. The molecule has 0 fully saturated rings. The summed E-state index contributed by atoms with van der Waals surface area (Å²) in [5, 5.41) is 17.4. The van der Waals surface area contributed by atoms with Crippen LogP contribution in [-0.2, 0) is 25.6 Å². The van der Waals surface area contributed by atoms with Crippen molar-refractivity contribution in [3.8, 4) is 0 Å². The van der Waals surface area contributed by atoms with Crippen LogP contribution in [-0.4, -0.2) is 76.0 Å². The molecule has 0 aliphatic rings. The van der Waals surface area contributed by atoms with Gasteiger partial charge in [-0.05, 0) is 57.5 Å². The lowest BCUT2D eigenvalue weighted by atomic mass is 10.0. The Balaban J connectivity index is 2.98. The molecule has 0 radical (unpaired) electrons. The van der Waals surface area contributed by atoms with Crippen molar-refractivity contribution in [1.82, 2.24) is 25.9 Å². The summed E-state index contributed by atoms with van der Waals surface area (Å²) in [6.45, 7) is 4.68. The van der Waals surface area contributed by atoms with E-state index in [1.165, 1.54) is 12.5 Å². The normalized spacial score (nSPS) is 14.4. The molecule has 0 saturated heterocycles. The maximum absolute atomic E-state index is 13.3. The number of carboxylic acid groups (broad SMARTS) is 1. The molecule has 11 N–H and O–H groups in total. The fourth-order valence-electron chi connectivity index (χ4n) is 3.74. The second-order valence-electron chi connectivity index (χ2n) is 9.61. The van der Waals surface area contributed by atoms with Gasteiger partial charge in [0, 0.05) is 18.3 Å².